The van der Waals surface area contributed by atoms with Crippen molar-refractivity contribution in [3.8, 4) is 17.0 Å². The maximum Gasteiger partial charge on any atom is 0.154 e. The highest BCUT2D eigenvalue weighted by atomic mass is 16.5. The highest BCUT2D eigenvalue weighted by Gasteiger charge is 2.15. The molecule has 3 aromatic heterocycles. The Labute approximate surface area is 134 Å². The summed E-state index contributed by atoms with van der Waals surface area (Å²) < 4.78 is 7.61. The van der Waals surface area contributed by atoms with Crippen LogP contribution in [-0.4, -0.2) is 26.5 Å². The van der Waals surface area contributed by atoms with E-state index in [1.807, 2.05) is 25.4 Å². The van der Waals surface area contributed by atoms with Gasteiger partial charge in [-0.05, 0) is 50.1 Å². The van der Waals surface area contributed by atoms with E-state index in [0.717, 1.165) is 50.6 Å². The Morgan fingerprint density at radius 1 is 1.09 bits per heavy atom. The second-order valence-electron chi connectivity index (χ2n) is 5.84. The number of rotatable bonds is 2. The zero-order valence-corrected chi connectivity index (χ0v) is 13.6. The zero-order chi connectivity index (χ0) is 16.1. The molecule has 0 saturated heterocycles. The summed E-state index contributed by atoms with van der Waals surface area (Å²) in [6.45, 7) is 6.14. The lowest BCUT2D eigenvalue weighted by Crippen LogP contribution is -1.93. The van der Waals surface area contributed by atoms with E-state index in [9.17, 15) is 0 Å². The zero-order valence-electron chi connectivity index (χ0n) is 13.6. The number of aryl methyl sites for hydroxylation is 3. The van der Waals surface area contributed by atoms with Gasteiger partial charge in [-0.25, -0.2) is 9.97 Å². The number of nitrogens with zero attached hydrogens (tertiary/aromatic N) is 3. The average molecular weight is 306 g/mol. The molecule has 0 saturated carbocycles. The molecular weight excluding hydrogens is 288 g/mol. The van der Waals surface area contributed by atoms with Crippen LogP contribution in [0.3, 0.4) is 0 Å². The Kier molecular flexibility index (Phi) is 2.91. The second-order valence-corrected chi connectivity index (χ2v) is 5.84. The van der Waals surface area contributed by atoms with Gasteiger partial charge in [0.1, 0.15) is 11.6 Å². The molecule has 1 aromatic carbocycles. The van der Waals surface area contributed by atoms with Crippen molar-refractivity contribution in [1.82, 2.24) is 19.4 Å². The summed E-state index contributed by atoms with van der Waals surface area (Å²) >= 11 is 0. The molecule has 0 aliphatic carbocycles. The molecule has 4 rings (SSSR count). The van der Waals surface area contributed by atoms with Crippen molar-refractivity contribution < 1.29 is 4.74 Å². The molecule has 0 radical (unpaired) electrons. The topological polar surface area (TPSA) is 55.2 Å². The van der Waals surface area contributed by atoms with Crippen LogP contribution in [0.5, 0.6) is 5.75 Å². The van der Waals surface area contributed by atoms with Crippen LogP contribution in [0, 0.1) is 20.8 Å². The molecule has 1 N–H and O–H groups in total. The number of methoxy groups -OCH3 is 1. The van der Waals surface area contributed by atoms with Gasteiger partial charge in [0, 0.05) is 11.8 Å². The SMILES string of the molecule is COc1c(C)cc(-c2nc(C)n3c2cnc2[nH]ccc23)cc1C. The Bertz CT molecular complexity index is 1020. The first kappa shape index (κ1) is 13.8. The fourth-order valence-corrected chi connectivity index (χ4v) is 3.36. The van der Waals surface area contributed by atoms with Crippen LogP contribution >= 0.6 is 0 Å². The molecule has 0 amide bonds. The van der Waals surface area contributed by atoms with Crippen molar-refractivity contribution in [2.75, 3.05) is 7.11 Å². The summed E-state index contributed by atoms with van der Waals surface area (Å²) in [7, 11) is 1.71. The van der Waals surface area contributed by atoms with Gasteiger partial charge in [-0.15, -0.1) is 0 Å². The van der Waals surface area contributed by atoms with Crippen molar-refractivity contribution in [2.45, 2.75) is 20.8 Å². The Balaban J connectivity index is 2.03. The minimum absolute atomic E-state index is 0.867. The van der Waals surface area contributed by atoms with Crippen molar-refractivity contribution in [2.24, 2.45) is 0 Å². The molecule has 5 heteroatoms. The van der Waals surface area contributed by atoms with E-state index in [4.69, 9.17) is 9.72 Å². The highest BCUT2D eigenvalue weighted by molar-refractivity contribution is 5.84. The molecule has 0 aliphatic rings. The quantitative estimate of drug-likeness (QED) is 0.612. The van der Waals surface area contributed by atoms with E-state index < -0.39 is 0 Å². The van der Waals surface area contributed by atoms with Crippen LogP contribution in [-0.2, 0) is 0 Å². The Morgan fingerprint density at radius 3 is 2.52 bits per heavy atom. The Hall–Kier alpha value is -2.82. The van der Waals surface area contributed by atoms with Crippen molar-refractivity contribution >= 4 is 16.7 Å². The number of hydrogen-bond donors (Lipinski definition) is 1. The van der Waals surface area contributed by atoms with E-state index in [1.165, 1.54) is 0 Å². The summed E-state index contributed by atoms with van der Waals surface area (Å²) in [5.41, 5.74) is 7.18. The first-order chi connectivity index (χ1) is 11.1. The van der Waals surface area contributed by atoms with Gasteiger partial charge in [-0.2, -0.15) is 0 Å². The van der Waals surface area contributed by atoms with Crippen LogP contribution in [0.1, 0.15) is 17.0 Å². The van der Waals surface area contributed by atoms with E-state index >= 15 is 0 Å². The smallest absolute Gasteiger partial charge is 0.154 e. The molecule has 3 heterocycles. The van der Waals surface area contributed by atoms with Crippen LogP contribution in [0.15, 0.2) is 30.6 Å². The third-order valence-corrected chi connectivity index (χ3v) is 4.28. The largest absolute Gasteiger partial charge is 0.496 e. The number of nitrogens with one attached hydrogen (secondary N) is 1. The summed E-state index contributed by atoms with van der Waals surface area (Å²) in [4.78, 5) is 12.4. The van der Waals surface area contributed by atoms with Crippen LogP contribution in [0.2, 0.25) is 0 Å². The average Bonchev–Trinajstić information content (AvgIpc) is 3.11. The molecule has 0 spiro atoms. The molecule has 5 nitrogen and oxygen atoms in total. The number of aromatic nitrogens is 4. The van der Waals surface area contributed by atoms with Gasteiger partial charge in [-0.3, -0.25) is 4.40 Å². The molecule has 0 bridgehead atoms. The first-order valence-electron chi connectivity index (χ1n) is 7.57. The normalized spacial score (nSPS) is 11.5. The van der Waals surface area contributed by atoms with Crippen LogP contribution < -0.4 is 4.74 Å². The predicted octanol–water partition coefficient (Wildman–Crippen LogP) is 3.81. The van der Waals surface area contributed by atoms with E-state index in [0.29, 0.717) is 0 Å². The third kappa shape index (κ3) is 1.93. The van der Waals surface area contributed by atoms with Gasteiger partial charge in [0.25, 0.3) is 0 Å². The minimum Gasteiger partial charge on any atom is -0.496 e. The number of aromatic amines is 1. The lowest BCUT2D eigenvalue weighted by Gasteiger charge is -2.10. The van der Waals surface area contributed by atoms with Crippen molar-refractivity contribution in [3.05, 3.63) is 47.5 Å². The van der Waals surface area contributed by atoms with Gasteiger partial charge in [0.2, 0.25) is 0 Å². The van der Waals surface area contributed by atoms with E-state index in [1.54, 1.807) is 7.11 Å². The Morgan fingerprint density at radius 2 is 1.83 bits per heavy atom. The minimum atomic E-state index is 0.867. The van der Waals surface area contributed by atoms with Gasteiger partial charge in [0.05, 0.1) is 30.0 Å². The second kappa shape index (κ2) is 4.84. The van der Waals surface area contributed by atoms with Crippen molar-refractivity contribution in [1.29, 1.82) is 0 Å². The third-order valence-electron chi connectivity index (χ3n) is 4.28. The number of benzene rings is 1. The van der Waals surface area contributed by atoms with Crippen LogP contribution in [0.25, 0.3) is 27.9 Å². The van der Waals surface area contributed by atoms with Crippen molar-refractivity contribution in [3.63, 3.8) is 0 Å². The number of H-pyrrole nitrogens is 1. The maximum absolute atomic E-state index is 5.46. The predicted molar refractivity (Wildman–Crippen MR) is 91.0 cm³/mol. The molecule has 0 unspecified atom stereocenters. The van der Waals surface area contributed by atoms with Crippen LogP contribution in [0.4, 0.5) is 0 Å². The number of imidazole rings is 1. The molecule has 4 aromatic rings. The van der Waals surface area contributed by atoms with E-state index in [2.05, 4.69) is 40.3 Å². The molecule has 116 valence electrons. The fourth-order valence-electron chi connectivity index (χ4n) is 3.36. The summed E-state index contributed by atoms with van der Waals surface area (Å²) in [5.74, 6) is 1.88. The number of fused-ring (bicyclic) bond motifs is 3. The first-order valence-corrected chi connectivity index (χ1v) is 7.57. The van der Waals surface area contributed by atoms with Gasteiger partial charge in [-0.1, -0.05) is 0 Å². The van der Waals surface area contributed by atoms with Gasteiger partial charge in [0.15, 0.2) is 5.65 Å². The number of hydrogen-bond acceptors (Lipinski definition) is 3. The molecule has 0 fully saturated rings. The fraction of sp³-hybridized carbons (Fsp3) is 0.222. The summed E-state index contributed by atoms with van der Waals surface area (Å²) in [6.07, 6.45) is 3.78. The maximum atomic E-state index is 5.46. The highest BCUT2D eigenvalue weighted by Crippen LogP contribution is 2.32. The summed E-state index contributed by atoms with van der Waals surface area (Å²) in [6, 6.07) is 6.27. The van der Waals surface area contributed by atoms with E-state index in [-0.39, 0.29) is 0 Å². The molecular formula is C18H18N4O. The lowest BCUT2D eigenvalue weighted by molar-refractivity contribution is 0.408. The summed E-state index contributed by atoms with van der Waals surface area (Å²) in [5, 5.41) is 0. The lowest BCUT2D eigenvalue weighted by atomic mass is 10.0. The van der Waals surface area contributed by atoms with Gasteiger partial charge < -0.3 is 9.72 Å². The molecule has 23 heavy (non-hydrogen) atoms. The molecule has 0 atom stereocenters. The monoisotopic (exact) mass is 306 g/mol. The number of ether oxygens (including phenoxy) is 1. The standard InChI is InChI=1S/C18H18N4O/c1-10-7-13(8-11(2)17(10)23-4)16-15-9-20-18-14(5-6-19-18)22(15)12(3)21-16/h5-9,19H,1-4H3. The van der Waals surface area contributed by atoms with Gasteiger partial charge >= 0.3 is 0 Å². The molecule has 0 aliphatic heterocycles.